The molecule has 2 aromatic heterocycles. The van der Waals surface area contributed by atoms with Crippen molar-refractivity contribution in [1.29, 1.82) is 10.5 Å². The molecule has 4 aromatic carbocycles. The van der Waals surface area contributed by atoms with Gasteiger partial charge in [-0.3, -0.25) is 19.8 Å². The topological polar surface area (TPSA) is 187 Å². The van der Waals surface area contributed by atoms with Gasteiger partial charge in [-0.1, -0.05) is 48.5 Å². The molecule has 2 fully saturated rings. The highest BCUT2D eigenvalue weighted by molar-refractivity contribution is 6.04. The minimum Gasteiger partial charge on any atom is -0.321 e. The molecule has 0 saturated carbocycles. The predicted octanol–water partition coefficient (Wildman–Crippen LogP) is 6.95. The number of nitriles is 2. The first-order chi connectivity index (χ1) is 26.9. The molecular weight excluding hydrogens is 689 g/mol. The summed E-state index contributed by atoms with van der Waals surface area (Å²) >= 11 is 0. The molecule has 2 amide bonds. The molecule has 8 rings (SSSR count). The highest BCUT2D eigenvalue weighted by atomic mass is 16.2. The van der Waals surface area contributed by atoms with E-state index in [0.717, 1.165) is 55.1 Å². The molecule has 4 heterocycles. The number of aromatic amines is 2. The van der Waals surface area contributed by atoms with E-state index in [4.69, 9.17) is 10.5 Å². The van der Waals surface area contributed by atoms with Gasteiger partial charge < -0.3 is 21.3 Å². The Morgan fingerprint density at radius 1 is 0.600 bits per heavy atom. The van der Waals surface area contributed by atoms with Gasteiger partial charge in [0.05, 0.1) is 34.7 Å². The number of aromatic nitrogens is 4. The maximum absolute atomic E-state index is 12.5. The van der Waals surface area contributed by atoms with Crippen LogP contribution in [0.5, 0.6) is 0 Å². The normalized spacial score (nSPS) is 16.2. The molecule has 6 aromatic rings. The van der Waals surface area contributed by atoms with Crippen LogP contribution in [-0.2, 0) is 0 Å². The average Bonchev–Trinajstić information content (AvgIpc) is 4.06. The van der Waals surface area contributed by atoms with Crippen molar-refractivity contribution in [3.05, 3.63) is 143 Å². The van der Waals surface area contributed by atoms with Crippen LogP contribution >= 0.6 is 0 Å². The van der Waals surface area contributed by atoms with Crippen LogP contribution in [0.1, 0.15) is 74.3 Å². The van der Waals surface area contributed by atoms with Gasteiger partial charge in [0.25, 0.3) is 11.8 Å². The Labute approximate surface area is 319 Å². The molecule has 2 aliphatic heterocycles. The summed E-state index contributed by atoms with van der Waals surface area (Å²) in [5.74, 6) is 0.592. The highest BCUT2D eigenvalue weighted by Crippen LogP contribution is 2.26. The summed E-state index contributed by atoms with van der Waals surface area (Å²) in [6.07, 6.45) is 3.54. The average molecular weight is 729 g/mol. The monoisotopic (exact) mass is 728 g/mol. The molecule has 2 atom stereocenters. The summed E-state index contributed by atoms with van der Waals surface area (Å²) < 4.78 is 0. The third-order valence-corrected chi connectivity index (χ3v) is 9.86. The smallest absolute Gasteiger partial charge is 0.273 e. The number of carbonyl (C=O) groups is 2. The van der Waals surface area contributed by atoms with E-state index in [1.165, 1.54) is 24.0 Å². The van der Waals surface area contributed by atoms with Crippen molar-refractivity contribution in [2.45, 2.75) is 31.1 Å². The molecule has 55 heavy (non-hydrogen) atoms. The molecule has 0 aliphatic carbocycles. The molecule has 0 radical (unpaired) electrons. The zero-order valence-corrected chi connectivity index (χ0v) is 30.1. The minimum absolute atomic E-state index is 0.248. The number of amides is 2. The Morgan fingerprint density at radius 3 is 1.51 bits per heavy atom. The second kappa shape index (κ2) is 17.3. The maximum Gasteiger partial charge on any atom is 0.273 e. The first-order valence-corrected chi connectivity index (χ1v) is 18.3. The Morgan fingerprint density at radius 2 is 1.07 bits per heavy atom. The third-order valence-electron chi connectivity index (χ3n) is 9.86. The van der Waals surface area contributed by atoms with E-state index in [2.05, 4.69) is 78.1 Å². The molecule has 2 saturated heterocycles. The minimum atomic E-state index is -0.250. The number of hydrogen-bond acceptors (Lipinski definition) is 8. The molecule has 1 unspecified atom stereocenters. The van der Waals surface area contributed by atoms with Crippen LogP contribution in [0.3, 0.4) is 0 Å². The van der Waals surface area contributed by atoms with Gasteiger partial charge in [-0.25, -0.2) is 0 Å². The fourth-order valence-electron chi connectivity index (χ4n) is 6.82. The third kappa shape index (κ3) is 9.21. The van der Waals surface area contributed by atoms with Crippen LogP contribution in [0, 0.1) is 22.7 Å². The molecule has 0 spiro atoms. The largest absolute Gasteiger partial charge is 0.321 e. The number of anilines is 2. The van der Waals surface area contributed by atoms with Crippen LogP contribution in [-0.4, -0.2) is 58.4 Å². The van der Waals surface area contributed by atoms with Gasteiger partial charge in [0.2, 0.25) is 0 Å². The summed E-state index contributed by atoms with van der Waals surface area (Å²) in [5, 5.41) is 44.5. The van der Waals surface area contributed by atoms with Gasteiger partial charge in [0.1, 0.15) is 11.4 Å². The lowest BCUT2D eigenvalue weighted by Gasteiger charge is -2.23. The zero-order valence-electron chi connectivity index (χ0n) is 30.1. The number of hydrogen-bond donors (Lipinski definition) is 6. The van der Waals surface area contributed by atoms with E-state index in [1.54, 1.807) is 48.5 Å². The van der Waals surface area contributed by atoms with Crippen LogP contribution < -0.4 is 21.3 Å². The lowest BCUT2D eigenvalue weighted by molar-refractivity contribution is 0.101. The molecule has 274 valence electrons. The standard InChI is InChI=1S/C22H21N5O.C21H19N5O/c23-13-15-3-1-4-17(11-15)20-12-21(27-26-20)22(28)25-19-8-6-16(7-9-19)18-5-2-10-24-14-18;22-12-14-2-1-3-16(10-14)19-11-20(26-25-19)21(27)24-18-6-4-15(5-7-18)17-8-9-23-13-17/h1,3-4,6-9,11-12,18,24H,2,5,10,14H2,(H,25,28)(H,26,27);1-7,10-11,17,23H,8-9,13H2,(H,24,27)(H,25,26)/t18-;/m0./s1. The number of rotatable bonds is 8. The Bertz CT molecular complexity index is 2340. The fourth-order valence-corrected chi connectivity index (χ4v) is 6.82. The van der Waals surface area contributed by atoms with Crippen molar-refractivity contribution in [2.75, 3.05) is 36.8 Å². The van der Waals surface area contributed by atoms with Crippen molar-refractivity contribution in [2.24, 2.45) is 0 Å². The zero-order chi connectivity index (χ0) is 38.0. The molecule has 2 aliphatic rings. The van der Waals surface area contributed by atoms with Crippen LogP contribution in [0.2, 0.25) is 0 Å². The van der Waals surface area contributed by atoms with E-state index in [9.17, 15) is 9.59 Å². The Balaban J connectivity index is 0.000000169. The Kier molecular flexibility index (Phi) is 11.5. The van der Waals surface area contributed by atoms with E-state index >= 15 is 0 Å². The Hall–Kier alpha value is -6.86. The van der Waals surface area contributed by atoms with Crippen LogP contribution in [0.25, 0.3) is 22.5 Å². The maximum atomic E-state index is 12.5. The first kappa shape index (κ1) is 36.5. The van der Waals surface area contributed by atoms with Gasteiger partial charge in [-0.05, 0) is 116 Å². The van der Waals surface area contributed by atoms with E-state index in [1.807, 2.05) is 36.4 Å². The highest BCUT2D eigenvalue weighted by Gasteiger charge is 2.18. The number of H-pyrrole nitrogens is 2. The number of piperidine rings is 1. The van der Waals surface area contributed by atoms with Gasteiger partial charge in [0, 0.05) is 35.6 Å². The fraction of sp³-hybridized carbons (Fsp3) is 0.209. The number of benzene rings is 4. The quantitative estimate of drug-likeness (QED) is 0.0972. The summed E-state index contributed by atoms with van der Waals surface area (Å²) in [5.41, 5.74) is 8.78. The van der Waals surface area contributed by atoms with Crippen molar-refractivity contribution < 1.29 is 9.59 Å². The van der Waals surface area contributed by atoms with Crippen LogP contribution in [0.4, 0.5) is 11.4 Å². The molecular formula is C43H40N10O2. The SMILES string of the molecule is N#Cc1cccc(-c2cc(C(=O)Nc3ccc(C4CCNC4)cc3)[nH]n2)c1.N#Cc1cccc(-c2cc(C(=O)Nc3ccc([C@H]4CCCNC4)cc3)[nH]n2)c1. The van der Waals surface area contributed by atoms with Gasteiger partial charge in [-0.2, -0.15) is 20.7 Å². The van der Waals surface area contributed by atoms with E-state index in [-0.39, 0.29) is 11.8 Å². The van der Waals surface area contributed by atoms with Crippen LogP contribution in [0.15, 0.2) is 109 Å². The number of carbonyl (C=O) groups excluding carboxylic acids is 2. The molecule has 6 N–H and O–H groups in total. The van der Waals surface area contributed by atoms with Gasteiger partial charge in [0.15, 0.2) is 0 Å². The van der Waals surface area contributed by atoms with Crippen molar-refractivity contribution >= 4 is 23.2 Å². The summed E-state index contributed by atoms with van der Waals surface area (Å²) in [7, 11) is 0. The van der Waals surface area contributed by atoms with Crippen molar-refractivity contribution in [1.82, 2.24) is 31.0 Å². The lowest BCUT2D eigenvalue weighted by atomic mass is 9.92. The molecule has 0 bridgehead atoms. The predicted molar refractivity (Wildman–Crippen MR) is 211 cm³/mol. The summed E-state index contributed by atoms with van der Waals surface area (Å²) in [4.78, 5) is 25.0. The second-order valence-electron chi connectivity index (χ2n) is 13.6. The number of nitrogens with zero attached hydrogens (tertiary/aromatic N) is 4. The lowest BCUT2D eigenvalue weighted by Crippen LogP contribution is -2.28. The van der Waals surface area contributed by atoms with Crippen molar-refractivity contribution in [3.63, 3.8) is 0 Å². The van der Waals surface area contributed by atoms with Gasteiger partial charge >= 0.3 is 0 Å². The summed E-state index contributed by atoms with van der Waals surface area (Å²) in [6, 6.07) is 37.9. The molecule has 12 nitrogen and oxygen atoms in total. The summed E-state index contributed by atoms with van der Waals surface area (Å²) in [6.45, 7) is 4.17. The second-order valence-corrected chi connectivity index (χ2v) is 13.6. The van der Waals surface area contributed by atoms with E-state index in [0.29, 0.717) is 45.7 Å². The van der Waals surface area contributed by atoms with E-state index < -0.39 is 0 Å². The molecule has 12 heteroatoms. The van der Waals surface area contributed by atoms with Crippen molar-refractivity contribution in [3.8, 4) is 34.7 Å². The van der Waals surface area contributed by atoms with Gasteiger partial charge in [-0.15, -0.1) is 0 Å². The number of nitrogens with one attached hydrogen (secondary N) is 6. The first-order valence-electron chi connectivity index (χ1n) is 18.3.